The molecular formula is C22H16Br2O2. The summed E-state index contributed by atoms with van der Waals surface area (Å²) in [5.41, 5.74) is 2.56. The molecule has 0 radical (unpaired) electrons. The molecule has 130 valence electrons. The van der Waals surface area contributed by atoms with Crippen molar-refractivity contribution in [2.75, 3.05) is 0 Å². The smallest absolute Gasteiger partial charge is 0.185 e. The Morgan fingerprint density at radius 1 is 0.923 bits per heavy atom. The number of halogens is 2. The third-order valence-electron chi connectivity index (χ3n) is 3.74. The Labute approximate surface area is 169 Å². The number of rotatable bonds is 6. The quantitative estimate of drug-likeness (QED) is 0.295. The number of carbonyl (C=O) groups is 1. The lowest BCUT2D eigenvalue weighted by Gasteiger charge is -2.12. The minimum Gasteiger partial charge on any atom is -0.487 e. The summed E-state index contributed by atoms with van der Waals surface area (Å²) in [5.74, 6) is 0.657. The van der Waals surface area contributed by atoms with Crippen LogP contribution in [0.3, 0.4) is 0 Å². The minimum atomic E-state index is -0.0456. The van der Waals surface area contributed by atoms with Crippen molar-refractivity contribution in [3.8, 4) is 5.75 Å². The van der Waals surface area contributed by atoms with Crippen LogP contribution in [0.2, 0.25) is 0 Å². The maximum absolute atomic E-state index is 12.3. The van der Waals surface area contributed by atoms with Gasteiger partial charge in [0.1, 0.15) is 12.4 Å². The summed E-state index contributed by atoms with van der Waals surface area (Å²) >= 11 is 7.04. The van der Waals surface area contributed by atoms with Crippen LogP contribution in [-0.4, -0.2) is 5.78 Å². The fourth-order valence-corrected chi connectivity index (χ4v) is 3.82. The molecule has 3 aromatic rings. The monoisotopic (exact) mass is 470 g/mol. The van der Waals surface area contributed by atoms with Crippen LogP contribution in [0.25, 0.3) is 6.08 Å². The number of benzene rings is 3. The summed E-state index contributed by atoms with van der Waals surface area (Å²) < 4.78 is 7.75. The maximum Gasteiger partial charge on any atom is 0.185 e. The van der Waals surface area contributed by atoms with Crippen LogP contribution in [0.1, 0.15) is 21.5 Å². The summed E-state index contributed by atoms with van der Waals surface area (Å²) in [4.78, 5) is 12.3. The van der Waals surface area contributed by atoms with Crippen molar-refractivity contribution < 1.29 is 9.53 Å². The fourth-order valence-electron chi connectivity index (χ4n) is 2.45. The Hall–Kier alpha value is -2.17. The zero-order valence-corrected chi connectivity index (χ0v) is 17.0. The maximum atomic E-state index is 12.3. The van der Waals surface area contributed by atoms with Gasteiger partial charge in [0.15, 0.2) is 5.78 Å². The first kappa shape index (κ1) is 18.6. The van der Waals surface area contributed by atoms with Gasteiger partial charge in [-0.25, -0.2) is 0 Å². The molecule has 0 aliphatic rings. The van der Waals surface area contributed by atoms with Crippen LogP contribution >= 0.6 is 31.9 Å². The molecule has 0 aliphatic carbocycles. The van der Waals surface area contributed by atoms with E-state index < -0.39 is 0 Å². The predicted octanol–water partition coefficient (Wildman–Crippen LogP) is 6.69. The Morgan fingerprint density at radius 2 is 1.58 bits per heavy atom. The number of ether oxygens (including phenoxy) is 1. The first-order chi connectivity index (χ1) is 12.6. The SMILES string of the molecule is O=C(/C=C/c1cc(Br)cc(Br)c1OCc1ccccc1)c1ccccc1. The Balaban J connectivity index is 1.84. The lowest BCUT2D eigenvalue weighted by Crippen LogP contribution is -1.98. The topological polar surface area (TPSA) is 26.3 Å². The molecule has 0 atom stereocenters. The second-order valence-corrected chi connectivity index (χ2v) is 7.41. The van der Waals surface area contributed by atoms with E-state index in [1.54, 1.807) is 24.3 Å². The fraction of sp³-hybridized carbons (Fsp3) is 0.0455. The van der Waals surface area contributed by atoms with E-state index in [-0.39, 0.29) is 5.78 Å². The zero-order valence-electron chi connectivity index (χ0n) is 13.9. The molecule has 0 N–H and O–H groups in total. The molecule has 0 unspecified atom stereocenters. The van der Waals surface area contributed by atoms with Crippen molar-refractivity contribution in [1.82, 2.24) is 0 Å². The molecule has 0 saturated heterocycles. The van der Waals surface area contributed by atoms with Gasteiger partial charge in [-0.3, -0.25) is 4.79 Å². The third-order valence-corrected chi connectivity index (χ3v) is 4.78. The van der Waals surface area contributed by atoms with E-state index in [1.807, 2.05) is 60.7 Å². The van der Waals surface area contributed by atoms with Gasteiger partial charge in [-0.1, -0.05) is 76.6 Å². The van der Waals surface area contributed by atoms with E-state index in [1.165, 1.54) is 0 Å². The highest BCUT2D eigenvalue weighted by Crippen LogP contribution is 2.34. The second kappa shape index (κ2) is 8.97. The first-order valence-electron chi connectivity index (χ1n) is 8.07. The van der Waals surface area contributed by atoms with E-state index in [2.05, 4.69) is 31.9 Å². The van der Waals surface area contributed by atoms with Crippen LogP contribution in [-0.2, 0) is 6.61 Å². The van der Waals surface area contributed by atoms with Crippen molar-refractivity contribution in [2.45, 2.75) is 6.61 Å². The average molecular weight is 472 g/mol. The number of ketones is 1. The van der Waals surface area contributed by atoms with Gasteiger partial charge in [-0.15, -0.1) is 0 Å². The van der Waals surface area contributed by atoms with Crippen LogP contribution in [0.4, 0.5) is 0 Å². The highest BCUT2D eigenvalue weighted by molar-refractivity contribution is 9.11. The van der Waals surface area contributed by atoms with Gasteiger partial charge in [-0.05, 0) is 45.8 Å². The van der Waals surface area contributed by atoms with Gasteiger partial charge in [-0.2, -0.15) is 0 Å². The van der Waals surface area contributed by atoms with Gasteiger partial charge in [0, 0.05) is 15.6 Å². The molecule has 0 aliphatic heterocycles. The Kier molecular flexibility index (Phi) is 6.42. The van der Waals surface area contributed by atoms with Crippen LogP contribution in [0, 0.1) is 0 Å². The predicted molar refractivity (Wildman–Crippen MR) is 112 cm³/mol. The highest BCUT2D eigenvalue weighted by Gasteiger charge is 2.10. The molecule has 0 amide bonds. The lowest BCUT2D eigenvalue weighted by molar-refractivity contribution is 0.104. The molecule has 0 heterocycles. The lowest BCUT2D eigenvalue weighted by atomic mass is 10.1. The molecule has 0 fully saturated rings. The van der Waals surface area contributed by atoms with Crippen LogP contribution in [0.15, 0.2) is 87.8 Å². The number of hydrogen-bond acceptors (Lipinski definition) is 2. The summed E-state index contributed by atoms with van der Waals surface area (Å²) in [5, 5.41) is 0. The number of allylic oxidation sites excluding steroid dienone is 1. The van der Waals surface area contributed by atoms with E-state index in [0.29, 0.717) is 17.9 Å². The van der Waals surface area contributed by atoms with Gasteiger partial charge in [0.2, 0.25) is 0 Å². The van der Waals surface area contributed by atoms with Crippen LogP contribution < -0.4 is 4.74 Å². The Bertz CT molecular complexity index is 920. The van der Waals surface area contributed by atoms with Crippen LogP contribution in [0.5, 0.6) is 5.75 Å². The summed E-state index contributed by atoms with van der Waals surface area (Å²) in [6, 6.07) is 23.0. The van der Waals surface area contributed by atoms with Gasteiger partial charge in [0.25, 0.3) is 0 Å². The summed E-state index contributed by atoms with van der Waals surface area (Å²) in [7, 11) is 0. The molecule has 0 aromatic heterocycles. The standard InChI is InChI=1S/C22H16Br2O2/c23-19-13-18(11-12-21(25)17-9-5-2-6-10-17)22(20(24)14-19)26-15-16-7-3-1-4-8-16/h1-14H,15H2/b12-11+. The summed E-state index contributed by atoms with van der Waals surface area (Å²) in [6.45, 7) is 0.453. The van der Waals surface area contributed by atoms with E-state index in [4.69, 9.17) is 4.74 Å². The average Bonchev–Trinajstić information content (AvgIpc) is 2.66. The van der Waals surface area contributed by atoms with Crippen molar-refractivity contribution in [3.05, 3.63) is 105 Å². The van der Waals surface area contributed by atoms with E-state index in [9.17, 15) is 4.79 Å². The molecule has 3 rings (SSSR count). The summed E-state index contributed by atoms with van der Waals surface area (Å²) in [6.07, 6.45) is 3.35. The van der Waals surface area contributed by atoms with Gasteiger partial charge in [0.05, 0.1) is 4.47 Å². The van der Waals surface area contributed by atoms with E-state index >= 15 is 0 Å². The number of hydrogen-bond donors (Lipinski definition) is 0. The molecule has 3 aromatic carbocycles. The van der Waals surface area contributed by atoms with Gasteiger partial charge >= 0.3 is 0 Å². The largest absolute Gasteiger partial charge is 0.487 e. The normalized spacial score (nSPS) is 10.8. The molecule has 26 heavy (non-hydrogen) atoms. The molecule has 0 saturated carbocycles. The Morgan fingerprint density at radius 3 is 2.27 bits per heavy atom. The second-order valence-electron chi connectivity index (χ2n) is 5.64. The molecular weight excluding hydrogens is 456 g/mol. The molecule has 0 spiro atoms. The highest BCUT2D eigenvalue weighted by atomic mass is 79.9. The van der Waals surface area contributed by atoms with Gasteiger partial charge < -0.3 is 4.74 Å². The van der Waals surface area contributed by atoms with Crippen molar-refractivity contribution in [3.63, 3.8) is 0 Å². The molecule has 0 bridgehead atoms. The number of carbonyl (C=O) groups excluding carboxylic acids is 1. The van der Waals surface area contributed by atoms with Crippen molar-refractivity contribution in [1.29, 1.82) is 0 Å². The van der Waals surface area contributed by atoms with Crippen molar-refractivity contribution >= 4 is 43.7 Å². The minimum absolute atomic E-state index is 0.0456. The third kappa shape index (κ3) is 4.93. The first-order valence-corrected chi connectivity index (χ1v) is 9.65. The molecule has 2 nitrogen and oxygen atoms in total. The van der Waals surface area contributed by atoms with Crippen molar-refractivity contribution in [2.24, 2.45) is 0 Å². The molecule has 4 heteroatoms. The van der Waals surface area contributed by atoms with E-state index in [0.717, 1.165) is 20.1 Å². The zero-order chi connectivity index (χ0) is 18.4.